The molecule has 0 heterocycles. The third-order valence-electron chi connectivity index (χ3n) is 3.83. The van der Waals surface area contributed by atoms with Crippen molar-refractivity contribution in [2.75, 3.05) is 13.2 Å². The molecule has 1 fully saturated rings. The number of ether oxygens (including phenoxy) is 1. The van der Waals surface area contributed by atoms with Gasteiger partial charge in [0.2, 0.25) is 0 Å². The lowest BCUT2D eigenvalue weighted by atomic mass is 10.0. The van der Waals surface area contributed by atoms with Gasteiger partial charge in [0.1, 0.15) is 5.75 Å². The van der Waals surface area contributed by atoms with Crippen LogP contribution in [0.25, 0.3) is 0 Å². The van der Waals surface area contributed by atoms with E-state index in [1.807, 2.05) is 18.2 Å². The highest BCUT2D eigenvalue weighted by molar-refractivity contribution is 5.81. The van der Waals surface area contributed by atoms with E-state index in [1.54, 1.807) is 6.07 Å². The Morgan fingerprint density at radius 2 is 2.10 bits per heavy atom. The van der Waals surface area contributed by atoms with Gasteiger partial charge in [-0.2, -0.15) is 0 Å². The minimum absolute atomic E-state index is 0.1000. The maximum Gasteiger partial charge on any atom is 0.311 e. The van der Waals surface area contributed by atoms with Crippen molar-refractivity contribution in [2.45, 2.75) is 32.6 Å². The molecule has 1 aliphatic carbocycles. The first-order valence-corrected chi connectivity index (χ1v) is 7.16. The predicted molar refractivity (Wildman–Crippen MR) is 78.3 cm³/mol. The van der Waals surface area contributed by atoms with Crippen molar-refractivity contribution < 1.29 is 19.4 Å². The lowest BCUT2D eigenvalue weighted by Gasteiger charge is -2.12. The van der Waals surface area contributed by atoms with Gasteiger partial charge in [-0.25, -0.2) is 0 Å². The molecule has 1 saturated carbocycles. The minimum Gasteiger partial charge on any atom is -0.484 e. The van der Waals surface area contributed by atoms with E-state index in [1.165, 1.54) is 0 Å². The maximum atomic E-state index is 11.7. The fraction of sp³-hybridized carbons (Fsp3) is 0.500. The molecule has 0 radical (unpaired) electrons. The number of carboxylic acid groups (broad SMARTS) is 1. The highest BCUT2D eigenvalue weighted by Crippen LogP contribution is 2.45. The number of amides is 1. The fourth-order valence-electron chi connectivity index (χ4n) is 2.05. The summed E-state index contributed by atoms with van der Waals surface area (Å²) in [5, 5.41) is 11.7. The van der Waals surface area contributed by atoms with Crippen LogP contribution in [-0.2, 0) is 9.59 Å². The van der Waals surface area contributed by atoms with E-state index in [0.29, 0.717) is 24.5 Å². The molecule has 21 heavy (non-hydrogen) atoms. The van der Waals surface area contributed by atoms with Crippen LogP contribution in [0, 0.1) is 5.41 Å². The Balaban J connectivity index is 1.79. The largest absolute Gasteiger partial charge is 0.484 e. The smallest absolute Gasteiger partial charge is 0.311 e. The molecule has 1 aliphatic rings. The molecule has 2 N–H and O–H groups in total. The van der Waals surface area contributed by atoms with E-state index < -0.39 is 11.4 Å². The molecule has 1 aromatic carbocycles. The average Bonchev–Trinajstić information content (AvgIpc) is 3.24. The van der Waals surface area contributed by atoms with Gasteiger partial charge in [0.05, 0.1) is 5.41 Å². The van der Waals surface area contributed by atoms with Gasteiger partial charge in [-0.1, -0.05) is 26.0 Å². The van der Waals surface area contributed by atoms with Gasteiger partial charge in [-0.3, -0.25) is 9.59 Å². The Kier molecular flexibility index (Phi) is 4.50. The molecule has 0 aliphatic heterocycles. The number of carboxylic acids is 1. The first-order valence-electron chi connectivity index (χ1n) is 7.16. The van der Waals surface area contributed by atoms with Crippen molar-refractivity contribution in [3.63, 3.8) is 0 Å². The van der Waals surface area contributed by atoms with E-state index in [-0.39, 0.29) is 19.1 Å². The second-order valence-electron chi connectivity index (χ2n) is 5.88. The number of hydrogen-bond donors (Lipinski definition) is 2. The monoisotopic (exact) mass is 291 g/mol. The summed E-state index contributed by atoms with van der Waals surface area (Å²) < 4.78 is 5.45. The summed E-state index contributed by atoms with van der Waals surface area (Å²) in [5.74, 6) is -0.0887. The Hall–Kier alpha value is -2.04. The SMILES string of the molecule is CC(C)c1cccc(OCC(=O)NCC2(C(=O)O)CC2)c1. The van der Waals surface area contributed by atoms with Crippen molar-refractivity contribution in [1.82, 2.24) is 5.32 Å². The number of aliphatic carboxylic acids is 1. The molecule has 114 valence electrons. The molecule has 2 rings (SSSR count). The molecule has 0 bridgehead atoms. The molecular formula is C16H21NO4. The van der Waals surface area contributed by atoms with Crippen LogP contribution in [0.2, 0.25) is 0 Å². The molecule has 1 aromatic rings. The molecule has 5 heteroatoms. The van der Waals surface area contributed by atoms with E-state index in [4.69, 9.17) is 9.84 Å². The predicted octanol–water partition coefficient (Wildman–Crippen LogP) is 2.17. The van der Waals surface area contributed by atoms with Gasteiger partial charge in [0, 0.05) is 6.54 Å². The van der Waals surface area contributed by atoms with E-state index in [0.717, 1.165) is 5.56 Å². The Morgan fingerprint density at radius 1 is 1.38 bits per heavy atom. The number of carbonyl (C=O) groups excluding carboxylic acids is 1. The van der Waals surface area contributed by atoms with Crippen LogP contribution in [0.4, 0.5) is 0 Å². The lowest BCUT2D eigenvalue weighted by molar-refractivity contribution is -0.143. The quantitative estimate of drug-likeness (QED) is 0.807. The third-order valence-corrected chi connectivity index (χ3v) is 3.83. The van der Waals surface area contributed by atoms with Crippen molar-refractivity contribution in [2.24, 2.45) is 5.41 Å². The van der Waals surface area contributed by atoms with Crippen molar-refractivity contribution in [1.29, 1.82) is 0 Å². The first kappa shape index (κ1) is 15.4. The Morgan fingerprint density at radius 3 is 2.67 bits per heavy atom. The van der Waals surface area contributed by atoms with Crippen molar-refractivity contribution >= 4 is 11.9 Å². The second kappa shape index (κ2) is 6.16. The van der Waals surface area contributed by atoms with Gasteiger partial charge in [0.25, 0.3) is 5.91 Å². The highest BCUT2D eigenvalue weighted by atomic mass is 16.5. The van der Waals surface area contributed by atoms with Crippen LogP contribution in [0.15, 0.2) is 24.3 Å². The van der Waals surface area contributed by atoms with Crippen LogP contribution < -0.4 is 10.1 Å². The summed E-state index contributed by atoms with van der Waals surface area (Å²) in [6, 6.07) is 7.63. The standard InChI is InChI=1S/C16H21NO4/c1-11(2)12-4-3-5-13(8-12)21-9-14(18)17-10-16(6-7-16)15(19)20/h3-5,8,11H,6-7,9-10H2,1-2H3,(H,17,18)(H,19,20). The Bertz CT molecular complexity index is 535. The topological polar surface area (TPSA) is 75.6 Å². The number of benzene rings is 1. The van der Waals surface area contributed by atoms with Crippen LogP contribution in [0.5, 0.6) is 5.75 Å². The average molecular weight is 291 g/mol. The first-order chi connectivity index (χ1) is 9.93. The molecule has 5 nitrogen and oxygen atoms in total. The van der Waals surface area contributed by atoms with Gasteiger partial charge in [-0.15, -0.1) is 0 Å². The van der Waals surface area contributed by atoms with Crippen LogP contribution >= 0.6 is 0 Å². The summed E-state index contributed by atoms with van der Waals surface area (Å²) in [4.78, 5) is 22.7. The maximum absolute atomic E-state index is 11.7. The van der Waals surface area contributed by atoms with E-state index in [2.05, 4.69) is 19.2 Å². The lowest BCUT2D eigenvalue weighted by Crippen LogP contribution is -2.36. The fourth-order valence-corrected chi connectivity index (χ4v) is 2.05. The van der Waals surface area contributed by atoms with Gasteiger partial charge < -0.3 is 15.2 Å². The van der Waals surface area contributed by atoms with Crippen LogP contribution in [0.3, 0.4) is 0 Å². The minimum atomic E-state index is -0.839. The summed E-state index contributed by atoms with van der Waals surface area (Å²) in [6.07, 6.45) is 1.25. The highest BCUT2D eigenvalue weighted by Gasteiger charge is 2.50. The van der Waals surface area contributed by atoms with Crippen LogP contribution in [-0.4, -0.2) is 30.1 Å². The summed E-state index contributed by atoms with van der Waals surface area (Å²) in [7, 11) is 0. The molecule has 0 unspecified atom stereocenters. The number of hydrogen-bond acceptors (Lipinski definition) is 3. The second-order valence-corrected chi connectivity index (χ2v) is 5.88. The molecule has 0 atom stereocenters. The Labute approximate surface area is 124 Å². The molecule has 1 amide bonds. The van der Waals surface area contributed by atoms with E-state index >= 15 is 0 Å². The summed E-state index contributed by atoms with van der Waals surface area (Å²) in [5.41, 5.74) is 0.406. The van der Waals surface area contributed by atoms with Gasteiger partial charge >= 0.3 is 5.97 Å². The zero-order valence-electron chi connectivity index (χ0n) is 12.4. The number of rotatable bonds is 7. The molecule has 0 spiro atoms. The zero-order valence-corrected chi connectivity index (χ0v) is 12.4. The summed E-state index contributed by atoms with van der Waals surface area (Å²) in [6.45, 7) is 4.26. The van der Waals surface area contributed by atoms with Gasteiger partial charge in [-0.05, 0) is 36.5 Å². The molecule has 0 aromatic heterocycles. The third kappa shape index (κ3) is 3.97. The van der Waals surface area contributed by atoms with Crippen LogP contribution in [0.1, 0.15) is 38.2 Å². The van der Waals surface area contributed by atoms with Gasteiger partial charge in [0.15, 0.2) is 6.61 Å². The molecular weight excluding hydrogens is 270 g/mol. The van der Waals surface area contributed by atoms with Crippen molar-refractivity contribution in [3.05, 3.63) is 29.8 Å². The van der Waals surface area contributed by atoms with Crippen molar-refractivity contribution in [3.8, 4) is 5.75 Å². The van der Waals surface area contributed by atoms with E-state index in [9.17, 15) is 9.59 Å². The molecule has 0 saturated heterocycles. The normalized spacial score (nSPS) is 15.6. The summed E-state index contributed by atoms with van der Waals surface area (Å²) >= 11 is 0. The number of nitrogens with one attached hydrogen (secondary N) is 1. The number of carbonyl (C=O) groups is 2. The zero-order chi connectivity index (χ0) is 15.5.